The molecule has 0 saturated carbocycles. The van der Waals surface area contributed by atoms with Crippen LogP contribution in [0, 0.1) is 5.82 Å². The van der Waals surface area contributed by atoms with E-state index in [-0.39, 0.29) is 12.2 Å². The Morgan fingerprint density at radius 3 is 2.89 bits per heavy atom. The van der Waals surface area contributed by atoms with Gasteiger partial charge in [0.25, 0.3) is 0 Å². The largest absolute Gasteiger partial charge is 0.388 e. The van der Waals surface area contributed by atoms with Gasteiger partial charge in [-0.15, -0.1) is 0 Å². The van der Waals surface area contributed by atoms with Gasteiger partial charge in [0.15, 0.2) is 0 Å². The van der Waals surface area contributed by atoms with Crippen molar-refractivity contribution in [2.24, 2.45) is 7.05 Å². The van der Waals surface area contributed by atoms with Crippen LogP contribution in [0.3, 0.4) is 0 Å². The molecule has 1 unspecified atom stereocenters. The molecule has 4 nitrogen and oxygen atoms in total. The normalized spacial score (nSPS) is 12.7. The molecule has 1 aromatic carbocycles. The van der Waals surface area contributed by atoms with Crippen LogP contribution in [0.1, 0.15) is 17.2 Å². The smallest absolute Gasteiger partial charge is 0.127 e. The molecule has 0 aliphatic heterocycles. The van der Waals surface area contributed by atoms with Crippen LogP contribution in [-0.2, 0) is 13.5 Å². The Labute approximate surface area is 112 Å². The molecule has 0 aliphatic carbocycles. The maximum Gasteiger partial charge on any atom is 0.127 e. The monoisotopic (exact) mass is 313 g/mol. The second kappa shape index (κ2) is 5.07. The van der Waals surface area contributed by atoms with E-state index in [0.717, 1.165) is 4.47 Å². The molecule has 18 heavy (non-hydrogen) atoms. The van der Waals surface area contributed by atoms with Crippen molar-refractivity contribution in [1.29, 1.82) is 0 Å². The van der Waals surface area contributed by atoms with E-state index >= 15 is 0 Å². The Hall–Kier alpha value is -1.40. The molecule has 0 bridgehead atoms. The second-order valence-electron chi connectivity index (χ2n) is 4.06. The van der Waals surface area contributed by atoms with E-state index in [1.807, 2.05) is 0 Å². The molecule has 0 saturated heterocycles. The van der Waals surface area contributed by atoms with Gasteiger partial charge in [-0.3, -0.25) is 4.68 Å². The van der Waals surface area contributed by atoms with Gasteiger partial charge >= 0.3 is 0 Å². The third-order valence-electron chi connectivity index (χ3n) is 2.79. The van der Waals surface area contributed by atoms with Crippen molar-refractivity contribution in [3.05, 3.63) is 45.8 Å². The van der Waals surface area contributed by atoms with Crippen LogP contribution >= 0.6 is 15.9 Å². The van der Waals surface area contributed by atoms with Crippen molar-refractivity contribution >= 4 is 21.7 Å². The lowest BCUT2D eigenvalue weighted by atomic mass is 10.0. The number of aryl methyl sites for hydroxylation is 1. The summed E-state index contributed by atoms with van der Waals surface area (Å²) < 4.78 is 15.4. The highest BCUT2D eigenvalue weighted by atomic mass is 79.9. The average Bonchev–Trinajstić information content (AvgIpc) is 2.65. The van der Waals surface area contributed by atoms with Gasteiger partial charge in [-0.05, 0) is 23.8 Å². The topological polar surface area (TPSA) is 64.1 Å². The summed E-state index contributed by atoms with van der Waals surface area (Å²) in [5.41, 5.74) is 7.02. The first-order chi connectivity index (χ1) is 8.49. The van der Waals surface area contributed by atoms with E-state index < -0.39 is 6.10 Å². The van der Waals surface area contributed by atoms with Crippen molar-refractivity contribution < 1.29 is 9.50 Å². The zero-order valence-corrected chi connectivity index (χ0v) is 11.4. The van der Waals surface area contributed by atoms with E-state index in [1.165, 1.54) is 23.0 Å². The van der Waals surface area contributed by atoms with E-state index in [1.54, 1.807) is 13.1 Å². The number of rotatable bonds is 3. The fraction of sp³-hybridized carbons (Fsp3) is 0.250. The molecular weight excluding hydrogens is 301 g/mol. The maximum absolute atomic E-state index is 13.1. The lowest BCUT2D eigenvalue weighted by Crippen LogP contribution is -2.06. The van der Waals surface area contributed by atoms with Gasteiger partial charge in [-0.2, -0.15) is 5.10 Å². The van der Waals surface area contributed by atoms with Crippen LogP contribution in [0.15, 0.2) is 28.9 Å². The number of halogens is 2. The van der Waals surface area contributed by atoms with Crippen LogP contribution < -0.4 is 5.73 Å². The number of hydrogen-bond donors (Lipinski definition) is 2. The molecular formula is C12H13BrFN3O. The number of hydrogen-bond acceptors (Lipinski definition) is 3. The molecule has 2 rings (SSSR count). The van der Waals surface area contributed by atoms with E-state index in [4.69, 9.17) is 5.73 Å². The van der Waals surface area contributed by atoms with Crippen LogP contribution in [-0.4, -0.2) is 14.9 Å². The van der Waals surface area contributed by atoms with Crippen molar-refractivity contribution in [3.8, 4) is 0 Å². The van der Waals surface area contributed by atoms with Crippen molar-refractivity contribution in [2.45, 2.75) is 12.5 Å². The summed E-state index contributed by atoms with van der Waals surface area (Å²) in [5.74, 6) is 0.0783. The van der Waals surface area contributed by atoms with E-state index in [2.05, 4.69) is 21.0 Å². The van der Waals surface area contributed by atoms with Gasteiger partial charge < -0.3 is 10.8 Å². The summed E-state index contributed by atoms with van der Waals surface area (Å²) in [6, 6.07) is 4.36. The summed E-state index contributed by atoms with van der Waals surface area (Å²) in [5, 5.41) is 14.1. The highest BCUT2D eigenvalue weighted by molar-refractivity contribution is 9.10. The first-order valence-electron chi connectivity index (χ1n) is 5.38. The minimum absolute atomic E-state index is 0.272. The van der Waals surface area contributed by atoms with E-state index in [9.17, 15) is 9.50 Å². The molecule has 1 aromatic heterocycles. The van der Waals surface area contributed by atoms with Gasteiger partial charge in [0.2, 0.25) is 0 Å². The molecule has 0 amide bonds. The number of anilines is 1. The Balaban J connectivity index is 2.23. The SMILES string of the molecule is Cn1ncc(C(O)Cc2cc(F)ccc2Br)c1N. The molecule has 6 heteroatoms. The number of nitrogens with two attached hydrogens (primary N) is 1. The summed E-state index contributed by atoms with van der Waals surface area (Å²) >= 11 is 3.33. The lowest BCUT2D eigenvalue weighted by molar-refractivity contribution is 0.179. The third-order valence-corrected chi connectivity index (χ3v) is 3.57. The second-order valence-corrected chi connectivity index (χ2v) is 4.92. The van der Waals surface area contributed by atoms with Crippen molar-refractivity contribution in [1.82, 2.24) is 9.78 Å². The summed E-state index contributed by atoms with van der Waals surface area (Å²) in [6.07, 6.45) is 0.985. The van der Waals surface area contributed by atoms with Crippen LogP contribution in [0.25, 0.3) is 0 Å². The van der Waals surface area contributed by atoms with Gasteiger partial charge in [-0.1, -0.05) is 15.9 Å². The number of aromatic nitrogens is 2. The van der Waals surface area contributed by atoms with Gasteiger partial charge in [0.1, 0.15) is 11.6 Å². The van der Waals surface area contributed by atoms with Gasteiger partial charge in [-0.25, -0.2) is 4.39 Å². The first-order valence-corrected chi connectivity index (χ1v) is 6.17. The standard InChI is InChI=1S/C12H13BrFN3O/c1-17-12(15)9(6-16-17)11(18)5-7-4-8(14)2-3-10(7)13/h2-4,6,11,18H,5,15H2,1H3. The highest BCUT2D eigenvalue weighted by Gasteiger charge is 2.16. The predicted molar refractivity (Wildman–Crippen MR) is 70.4 cm³/mol. The number of nitrogen functional groups attached to an aromatic ring is 1. The van der Waals surface area contributed by atoms with Gasteiger partial charge in [0.05, 0.1) is 12.3 Å². The summed E-state index contributed by atoms with van der Waals surface area (Å²) in [7, 11) is 1.70. The highest BCUT2D eigenvalue weighted by Crippen LogP contribution is 2.27. The zero-order valence-electron chi connectivity index (χ0n) is 9.77. The Bertz CT molecular complexity index is 570. The molecule has 0 aliphatic rings. The van der Waals surface area contributed by atoms with Crippen LogP contribution in [0.2, 0.25) is 0 Å². The molecule has 1 atom stereocenters. The fourth-order valence-corrected chi connectivity index (χ4v) is 2.15. The third kappa shape index (κ3) is 2.54. The lowest BCUT2D eigenvalue weighted by Gasteiger charge is -2.11. The Morgan fingerprint density at radius 1 is 1.56 bits per heavy atom. The summed E-state index contributed by atoms with van der Waals surface area (Å²) in [4.78, 5) is 0. The fourth-order valence-electron chi connectivity index (χ4n) is 1.74. The average molecular weight is 314 g/mol. The molecule has 2 aromatic rings. The molecule has 0 radical (unpaired) electrons. The Morgan fingerprint density at radius 2 is 2.28 bits per heavy atom. The summed E-state index contributed by atoms with van der Waals surface area (Å²) in [6.45, 7) is 0. The van der Waals surface area contributed by atoms with Crippen molar-refractivity contribution in [2.75, 3.05) is 5.73 Å². The van der Waals surface area contributed by atoms with E-state index in [0.29, 0.717) is 16.9 Å². The molecule has 96 valence electrons. The number of nitrogens with zero attached hydrogens (tertiary/aromatic N) is 2. The number of aliphatic hydroxyl groups is 1. The van der Waals surface area contributed by atoms with Crippen LogP contribution in [0.5, 0.6) is 0 Å². The minimum atomic E-state index is -0.809. The molecule has 3 N–H and O–H groups in total. The minimum Gasteiger partial charge on any atom is -0.388 e. The predicted octanol–water partition coefficient (Wildman–Crippen LogP) is 2.18. The quantitative estimate of drug-likeness (QED) is 0.913. The maximum atomic E-state index is 13.1. The Kier molecular flexibility index (Phi) is 3.68. The number of benzene rings is 1. The first kappa shape index (κ1) is 13.0. The van der Waals surface area contributed by atoms with Crippen LogP contribution in [0.4, 0.5) is 10.2 Å². The molecule has 0 fully saturated rings. The zero-order chi connectivity index (χ0) is 13.3. The number of aliphatic hydroxyl groups excluding tert-OH is 1. The molecule has 1 heterocycles. The molecule has 0 spiro atoms. The van der Waals surface area contributed by atoms with Crippen molar-refractivity contribution in [3.63, 3.8) is 0 Å². The van der Waals surface area contributed by atoms with Gasteiger partial charge in [0, 0.05) is 23.5 Å².